The smallest absolute Gasteiger partial charge is 0.319 e. The number of piperazine rings is 1. The topological polar surface area (TPSA) is 79.3 Å². The van der Waals surface area contributed by atoms with E-state index < -0.39 is 5.82 Å². The molecule has 3 aromatic heterocycles. The van der Waals surface area contributed by atoms with Crippen molar-refractivity contribution in [1.29, 1.82) is 0 Å². The standard InChI is InChI=1S/C32H36FN7O.CH3F/c1-2-20-6-3-7-21-14-34-15-24(26(20)21)28-27(33)29-25(16-35-28)30(39-17-22-8-9-23(18-39)36-22)38-31(37-29)41-19-32-10-4-12-40(32)13-5-11-32;1-2/h3,6-7,14-16,22-23,36H,2,4-5,8-13,17-19H2,1H3;1H3. The number of benzene rings is 1. The Labute approximate surface area is 250 Å². The Kier molecular flexibility index (Phi) is 7.59. The summed E-state index contributed by atoms with van der Waals surface area (Å²) in [6.45, 7) is 6.56. The van der Waals surface area contributed by atoms with E-state index in [0.29, 0.717) is 36.8 Å². The number of nitrogens with zero attached hydrogens (tertiary/aromatic N) is 6. The Bertz CT molecular complexity index is 1620. The molecule has 8 nitrogen and oxygen atoms in total. The number of hydrogen-bond acceptors (Lipinski definition) is 8. The minimum absolute atomic E-state index is 0.0553. The zero-order valence-corrected chi connectivity index (χ0v) is 25.0. The van der Waals surface area contributed by atoms with Gasteiger partial charge in [-0.2, -0.15) is 9.97 Å². The summed E-state index contributed by atoms with van der Waals surface area (Å²) in [6.07, 6.45) is 13.1. The molecule has 10 heteroatoms. The molecule has 2 bridgehead atoms. The molecule has 226 valence electrons. The van der Waals surface area contributed by atoms with E-state index in [0.717, 1.165) is 80.4 Å². The van der Waals surface area contributed by atoms with Crippen LogP contribution in [0.15, 0.2) is 36.8 Å². The van der Waals surface area contributed by atoms with Gasteiger partial charge in [-0.25, -0.2) is 4.39 Å². The fourth-order valence-electron chi connectivity index (χ4n) is 7.93. The molecule has 4 saturated heterocycles. The average molecular weight is 588 g/mol. The Hall–Kier alpha value is -3.50. The predicted octanol–water partition coefficient (Wildman–Crippen LogP) is 5.48. The number of ether oxygens (including phenoxy) is 1. The quantitative estimate of drug-likeness (QED) is 0.318. The Morgan fingerprint density at radius 2 is 1.79 bits per heavy atom. The lowest BCUT2D eigenvalue weighted by molar-refractivity contribution is 0.108. The number of rotatable bonds is 6. The second kappa shape index (κ2) is 11.5. The molecule has 0 radical (unpaired) electrons. The summed E-state index contributed by atoms with van der Waals surface area (Å²) >= 11 is 0. The molecule has 4 aromatic rings. The lowest BCUT2D eigenvalue weighted by Gasteiger charge is -2.34. The molecule has 0 amide bonds. The van der Waals surface area contributed by atoms with E-state index >= 15 is 4.39 Å². The van der Waals surface area contributed by atoms with Gasteiger partial charge in [0.2, 0.25) is 0 Å². The summed E-state index contributed by atoms with van der Waals surface area (Å²) in [6, 6.07) is 7.22. The normalized spacial score (nSPS) is 22.6. The van der Waals surface area contributed by atoms with E-state index in [4.69, 9.17) is 19.7 Å². The van der Waals surface area contributed by atoms with E-state index in [1.807, 2.05) is 18.3 Å². The monoisotopic (exact) mass is 587 g/mol. The van der Waals surface area contributed by atoms with Gasteiger partial charge in [-0.3, -0.25) is 19.3 Å². The molecule has 8 rings (SSSR count). The van der Waals surface area contributed by atoms with Crippen LogP contribution in [0.5, 0.6) is 6.01 Å². The molecule has 4 aliphatic rings. The lowest BCUT2D eigenvalue weighted by Crippen LogP contribution is -2.51. The largest absolute Gasteiger partial charge is 0.461 e. The van der Waals surface area contributed by atoms with Gasteiger partial charge in [-0.1, -0.05) is 25.1 Å². The zero-order chi connectivity index (χ0) is 29.6. The zero-order valence-electron chi connectivity index (χ0n) is 25.0. The van der Waals surface area contributed by atoms with Gasteiger partial charge >= 0.3 is 6.01 Å². The van der Waals surface area contributed by atoms with Crippen molar-refractivity contribution >= 4 is 27.5 Å². The van der Waals surface area contributed by atoms with Gasteiger partial charge in [0, 0.05) is 54.7 Å². The molecule has 0 spiro atoms. The number of aromatic nitrogens is 4. The first-order valence-corrected chi connectivity index (χ1v) is 15.6. The van der Waals surface area contributed by atoms with E-state index in [1.165, 1.54) is 12.8 Å². The van der Waals surface area contributed by atoms with Crippen molar-refractivity contribution in [3.63, 3.8) is 0 Å². The van der Waals surface area contributed by atoms with Crippen LogP contribution in [0.4, 0.5) is 14.6 Å². The number of hydrogen-bond donors (Lipinski definition) is 1. The van der Waals surface area contributed by atoms with Crippen molar-refractivity contribution in [3.8, 4) is 17.3 Å². The highest BCUT2D eigenvalue weighted by Gasteiger charge is 2.45. The number of pyridine rings is 2. The second-order valence-corrected chi connectivity index (χ2v) is 12.3. The van der Waals surface area contributed by atoms with Crippen molar-refractivity contribution in [3.05, 3.63) is 48.2 Å². The Morgan fingerprint density at radius 1 is 1.02 bits per heavy atom. The molecule has 43 heavy (non-hydrogen) atoms. The second-order valence-electron chi connectivity index (χ2n) is 12.3. The highest BCUT2D eigenvalue weighted by Crippen LogP contribution is 2.40. The minimum Gasteiger partial charge on any atom is -0.461 e. The first kappa shape index (κ1) is 28.3. The molecule has 1 aromatic carbocycles. The highest BCUT2D eigenvalue weighted by molar-refractivity contribution is 6.00. The highest BCUT2D eigenvalue weighted by atomic mass is 19.1. The van der Waals surface area contributed by atoms with Crippen LogP contribution in [0.1, 0.15) is 51.0 Å². The number of anilines is 1. The van der Waals surface area contributed by atoms with Crippen LogP contribution in [0.25, 0.3) is 32.9 Å². The van der Waals surface area contributed by atoms with Crippen LogP contribution in [-0.2, 0) is 6.42 Å². The van der Waals surface area contributed by atoms with Crippen molar-refractivity contribution in [2.24, 2.45) is 0 Å². The van der Waals surface area contributed by atoms with Crippen LogP contribution in [-0.4, -0.2) is 82.4 Å². The summed E-state index contributed by atoms with van der Waals surface area (Å²) < 4.78 is 32.6. The summed E-state index contributed by atoms with van der Waals surface area (Å²) in [4.78, 5) is 23.7. The average Bonchev–Trinajstić information content (AvgIpc) is 3.74. The Balaban J connectivity index is 0.00000147. The van der Waals surface area contributed by atoms with E-state index in [1.54, 1.807) is 12.4 Å². The first-order valence-electron chi connectivity index (χ1n) is 15.6. The van der Waals surface area contributed by atoms with E-state index in [9.17, 15) is 4.39 Å². The molecular formula is C33H39F2N7O. The number of aryl methyl sites for hydroxylation is 1. The summed E-state index contributed by atoms with van der Waals surface area (Å²) in [5, 5.41) is 6.28. The number of fused-ring (bicyclic) bond motifs is 5. The fraction of sp³-hybridized carbons (Fsp3) is 0.515. The lowest BCUT2D eigenvalue weighted by atomic mass is 9.95. The van der Waals surface area contributed by atoms with Crippen LogP contribution < -0.4 is 15.0 Å². The Morgan fingerprint density at radius 3 is 2.53 bits per heavy atom. The van der Waals surface area contributed by atoms with Crippen molar-refractivity contribution in [2.45, 2.75) is 69.5 Å². The van der Waals surface area contributed by atoms with E-state index in [-0.39, 0.29) is 22.8 Å². The fourth-order valence-corrected chi connectivity index (χ4v) is 7.93. The summed E-state index contributed by atoms with van der Waals surface area (Å²) in [5.41, 5.74) is 2.41. The van der Waals surface area contributed by atoms with Gasteiger partial charge in [0.15, 0.2) is 5.82 Å². The third-order valence-corrected chi connectivity index (χ3v) is 9.95. The molecule has 4 fully saturated rings. The molecular weight excluding hydrogens is 548 g/mol. The van der Waals surface area contributed by atoms with Gasteiger partial charge in [-0.15, -0.1) is 0 Å². The summed E-state index contributed by atoms with van der Waals surface area (Å²) in [5.74, 6) is 0.273. The third kappa shape index (κ3) is 4.88. The molecule has 4 aliphatic heterocycles. The summed E-state index contributed by atoms with van der Waals surface area (Å²) in [7, 11) is 0.500. The first-order chi connectivity index (χ1) is 21.1. The van der Waals surface area contributed by atoms with Crippen molar-refractivity contribution < 1.29 is 13.5 Å². The number of alkyl halides is 1. The van der Waals surface area contributed by atoms with Crippen molar-refractivity contribution in [1.82, 2.24) is 30.2 Å². The molecule has 7 heterocycles. The molecule has 2 unspecified atom stereocenters. The van der Waals surface area contributed by atoms with Crippen LogP contribution in [0.3, 0.4) is 0 Å². The maximum atomic E-state index is 16.7. The minimum atomic E-state index is -0.448. The van der Waals surface area contributed by atoms with E-state index in [2.05, 4.69) is 33.1 Å². The maximum absolute atomic E-state index is 16.7. The van der Waals surface area contributed by atoms with Crippen LogP contribution in [0, 0.1) is 5.82 Å². The number of nitrogens with one attached hydrogen (secondary N) is 1. The van der Waals surface area contributed by atoms with Gasteiger partial charge in [0.1, 0.15) is 23.6 Å². The van der Waals surface area contributed by atoms with Crippen LogP contribution in [0.2, 0.25) is 0 Å². The number of halogens is 2. The maximum Gasteiger partial charge on any atom is 0.319 e. The molecule has 2 atom stereocenters. The van der Waals surface area contributed by atoms with Gasteiger partial charge in [0.25, 0.3) is 0 Å². The molecule has 1 N–H and O–H groups in total. The molecule has 0 saturated carbocycles. The van der Waals surface area contributed by atoms with Gasteiger partial charge in [0.05, 0.1) is 18.1 Å². The van der Waals surface area contributed by atoms with Crippen LogP contribution >= 0.6 is 0 Å². The third-order valence-electron chi connectivity index (χ3n) is 9.95. The van der Waals surface area contributed by atoms with Gasteiger partial charge in [-0.05, 0) is 69.0 Å². The predicted molar refractivity (Wildman–Crippen MR) is 165 cm³/mol. The van der Waals surface area contributed by atoms with Crippen molar-refractivity contribution in [2.75, 3.05) is 44.9 Å². The molecule has 0 aliphatic carbocycles. The SMILES string of the molecule is CCc1cccc2cncc(-c3ncc4c(N5CC6CCC(C5)N6)nc(OCC56CCCN5CCC6)nc4c3F)c12.CF. The van der Waals surface area contributed by atoms with Gasteiger partial charge < -0.3 is 15.0 Å².